The van der Waals surface area contributed by atoms with Crippen LogP contribution in [-0.2, 0) is 9.53 Å². The number of nitrogens with zero attached hydrogens (tertiary/aromatic N) is 3. The lowest BCUT2D eigenvalue weighted by molar-refractivity contribution is -0.138. The third kappa shape index (κ3) is 4.38. The fourth-order valence-corrected chi connectivity index (χ4v) is 5.15. The highest BCUT2D eigenvalue weighted by Crippen LogP contribution is 2.35. The zero-order chi connectivity index (χ0) is 25.1. The van der Waals surface area contributed by atoms with E-state index in [1.165, 1.54) is 11.3 Å². The zero-order valence-electron chi connectivity index (χ0n) is 19.8. The Balaban J connectivity index is 1.82. The average Bonchev–Trinajstić information content (AvgIpc) is 3.23. The lowest BCUT2D eigenvalue weighted by Gasteiger charge is -2.26. The van der Waals surface area contributed by atoms with Gasteiger partial charge in [0.1, 0.15) is 5.75 Å². The van der Waals surface area contributed by atoms with Gasteiger partial charge in [0.2, 0.25) is 0 Å². The predicted octanol–water partition coefficient (Wildman–Crippen LogP) is 3.34. The van der Waals surface area contributed by atoms with Crippen LogP contribution in [0, 0.1) is 0 Å². The van der Waals surface area contributed by atoms with E-state index >= 15 is 0 Å². The van der Waals surface area contributed by atoms with Crippen LogP contribution in [0.1, 0.15) is 29.7 Å². The molecule has 0 bridgehead atoms. The number of fused-ring (bicyclic) bond motifs is 1. The summed E-state index contributed by atoms with van der Waals surface area (Å²) in [5.74, 6) is 0.165. The van der Waals surface area contributed by atoms with E-state index in [1.54, 1.807) is 31.0 Å². The Morgan fingerprint density at radius 3 is 2.44 bits per heavy atom. The van der Waals surface area contributed by atoms with E-state index in [0.29, 0.717) is 26.4 Å². The quantitative estimate of drug-likeness (QED) is 0.382. The van der Waals surface area contributed by atoms with E-state index in [-0.39, 0.29) is 12.2 Å². The van der Waals surface area contributed by atoms with E-state index in [2.05, 4.69) is 4.98 Å². The summed E-state index contributed by atoms with van der Waals surface area (Å²) in [5.41, 5.74) is 2.95. The number of esters is 1. The molecule has 0 saturated carbocycles. The molecule has 0 saturated heterocycles. The molecule has 0 spiro atoms. The first-order chi connectivity index (χ1) is 17.6. The average molecular weight is 498 g/mol. The Hall–Kier alpha value is -4.30. The van der Waals surface area contributed by atoms with Crippen molar-refractivity contribution in [3.8, 4) is 5.75 Å². The van der Waals surface area contributed by atoms with E-state index < -0.39 is 12.0 Å². The molecule has 0 aliphatic carbocycles. The highest BCUT2D eigenvalue weighted by molar-refractivity contribution is 7.07. The van der Waals surface area contributed by atoms with Gasteiger partial charge < -0.3 is 9.47 Å². The number of benzene rings is 2. The maximum Gasteiger partial charge on any atom is 0.338 e. The molecule has 7 nitrogen and oxygen atoms in total. The first-order valence-corrected chi connectivity index (χ1v) is 12.2. The summed E-state index contributed by atoms with van der Waals surface area (Å²) in [4.78, 5) is 36.6. The number of thiazole rings is 1. The lowest BCUT2D eigenvalue weighted by Crippen LogP contribution is -2.40. The first-order valence-electron chi connectivity index (χ1n) is 11.4. The summed E-state index contributed by atoms with van der Waals surface area (Å²) in [7, 11) is 1.59. The van der Waals surface area contributed by atoms with Crippen LogP contribution in [0.4, 0.5) is 0 Å². The number of pyridine rings is 1. The second-order valence-electron chi connectivity index (χ2n) is 7.99. The van der Waals surface area contributed by atoms with Crippen LogP contribution in [0.3, 0.4) is 0 Å². The molecule has 2 aromatic heterocycles. The summed E-state index contributed by atoms with van der Waals surface area (Å²) < 4.78 is 12.9. The molecule has 3 heterocycles. The van der Waals surface area contributed by atoms with E-state index in [4.69, 9.17) is 14.5 Å². The van der Waals surface area contributed by atoms with Crippen molar-refractivity contribution in [1.82, 2.24) is 9.55 Å². The number of methoxy groups -OCH3 is 1. The molecule has 0 N–H and O–H groups in total. The summed E-state index contributed by atoms with van der Waals surface area (Å²) in [6, 6.07) is 19.8. The van der Waals surface area contributed by atoms with Crippen LogP contribution in [0.2, 0.25) is 0 Å². The van der Waals surface area contributed by atoms with Crippen molar-refractivity contribution in [2.45, 2.75) is 13.0 Å². The van der Waals surface area contributed by atoms with Gasteiger partial charge in [0.05, 0.1) is 35.6 Å². The maximum atomic E-state index is 13.8. The summed E-state index contributed by atoms with van der Waals surface area (Å²) >= 11 is 1.29. The Bertz CT molecular complexity index is 1610. The van der Waals surface area contributed by atoms with Gasteiger partial charge in [-0.3, -0.25) is 14.3 Å². The third-order valence-corrected chi connectivity index (χ3v) is 6.79. The standard InChI is InChI=1S/C28H23N3O4S/c1-3-35-27(33)23-24(19-7-5-4-6-8-19)30-28-31(25(23)20-9-11-21(34-2)12-10-20)26(32)22(36-28)17-18-13-15-29-16-14-18/h4-17,25H,3H2,1-2H3/b22-17-/t25-/m0/s1. The first kappa shape index (κ1) is 23.4. The van der Waals surface area contributed by atoms with Crippen molar-refractivity contribution in [2.75, 3.05) is 13.7 Å². The third-order valence-electron chi connectivity index (χ3n) is 5.81. The molecular weight excluding hydrogens is 474 g/mol. The highest BCUT2D eigenvalue weighted by Gasteiger charge is 2.35. The summed E-state index contributed by atoms with van der Waals surface area (Å²) in [6.45, 7) is 1.96. The van der Waals surface area contributed by atoms with Crippen LogP contribution in [0.25, 0.3) is 11.8 Å². The summed E-state index contributed by atoms with van der Waals surface area (Å²) in [5, 5.41) is 0. The van der Waals surface area contributed by atoms with Crippen molar-refractivity contribution in [3.05, 3.63) is 121 Å². The molecule has 0 unspecified atom stereocenters. The molecule has 8 heteroatoms. The van der Waals surface area contributed by atoms with Crippen LogP contribution in [-0.4, -0.2) is 29.2 Å². The van der Waals surface area contributed by atoms with Gasteiger partial charge in [0.15, 0.2) is 4.80 Å². The smallest absolute Gasteiger partial charge is 0.338 e. The molecule has 1 aliphatic heterocycles. The fraction of sp³-hybridized carbons (Fsp3) is 0.143. The SMILES string of the molecule is CCOC(=O)C1=C(c2ccccc2)N=c2s/c(=C\c3ccncc3)c(=O)n2[C@H]1c1ccc(OC)cc1. The molecule has 5 rings (SSSR count). The molecule has 4 aromatic rings. The maximum absolute atomic E-state index is 13.8. The van der Waals surface area contributed by atoms with Gasteiger partial charge >= 0.3 is 5.97 Å². The Morgan fingerprint density at radius 2 is 1.78 bits per heavy atom. The fourth-order valence-electron chi connectivity index (χ4n) is 4.15. The van der Waals surface area contributed by atoms with E-state index in [1.807, 2.05) is 72.8 Å². The molecule has 0 amide bonds. The van der Waals surface area contributed by atoms with Crippen molar-refractivity contribution >= 4 is 29.1 Å². The minimum Gasteiger partial charge on any atom is -0.497 e. The Kier molecular flexibility index (Phi) is 6.60. The van der Waals surface area contributed by atoms with Crippen molar-refractivity contribution < 1.29 is 14.3 Å². The van der Waals surface area contributed by atoms with Gasteiger partial charge in [-0.15, -0.1) is 0 Å². The van der Waals surface area contributed by atoms with Gasteiger partial charge in [-0.05, 0) is 48.4 Å². The number of aromatic nitrogens is 2. The normalized spacial score (nSPS) is 15.3. The monoisotopic (exact) mass is 497 g/mol. The molecule has 36 heavy (non-hydrogen) atoms. The second kappa shape index (κ2) is 10.1. The van der Waals surface area contributed by atoms with Gasteiger partial charge in [-0.2, -0.15) is 0 Å². The molecule has 0 fully saturated rings. The molecular formula is C28H23N3O4S. The topological polar surface area (TPSA) is 82.8 Å². The number of ether oxygens (including phenoxy) is 2. The lowest BCUT2D eigenvalue weighted by atomic mass is 9.93. The summed E-state index contributed by atoms with van der Waals surface area (Å²) in [6.07, 6.45) is 5.16. The highest BCUT2D eigenvalue weighted by atomic mass is 32.1. The number of hydrogen-bond donors (Lipinski definition) is 0. The number of carbonyl (C=O) groups is 1. The second-order valence-corrected chi connectivity index (χ2v) is 8.99. The van der Waals surface area contributed by atoms with Crippen molar-refractivity contribution in [3.63, 3.8) is 0 Å². The molecule has 1 atom stereocenters. The van der Waals surface area contributed by atoms with Crippen LogP contribution in [0.5, 0.6) is 5.75 Å². The van der Waals surface area contributed by atoms with Gasteiger partial charge in [0.25, 0.3) is 5.56 Å². The Morgan fingerprint density at radius 1 is 1.06 bits per heavy atom. The molecule has 0 radical (unpaired) electrons. The zero-order valence-corrected chi connectivity index (χ0v) is 20.6. The molecule has 2 aromatic carbocycles. The Labute approximate surface area is 211 Å². The van der Waals surface area contributed by atoms with Gasteiger partial charge in [0, 0.05) is 18.0 Å². The largest absolute Gasteiger partial charge is 0.497 e. The van der Waals surface area contributed by atoms with Crippen LogP contribution < -0.4 is 19.6 Å². The van der Waals surface area contributed by atoms with Crippen LogP contribution in [0.15, 0.2) is 94.5 Å². The number of rotatable bonds is 6. The number of hydrogen-bond acceptors (Lipinski definition) is 7. The van der Waals surface area contributed by atoms with Gasteiger partial charge in [-0.1, -0.05) is 53.8 Å². The van der Waals surface area contributed by atoms with Gasteiger partial charge in [-0.25, -0.2) is 9.79 Å². The van der Waals surface area contributed by atoms with Crippen LogP contribution >= 0.6 is 11.3 Å². The number of carbonyl (C=O) groups excluding carboxylic acids is 1. The minimum atomic E-state index is -0.721. The molecule has 180 valence electrons. The van der Waals surface area contributed by atoms with E-state index in [9.17, 15) is 9.59 Å². The van der Waals surface area contributed by atoms with Crippen molar-refractivity contribution in [1.29, 1.82) is 0 Å². The van der Waals surface area contributed by atoms with Crippen molar-refractivity contribution in [2.24, 2.45) is 4.99 Å². The minimum absolute atomic E-state index is 0.201. The molecule has 1 aliphatic rings. The van der Waals surface area contributed by atoms with E-state index in [0.717, 1.165) is 16.7 Å². The predicted molar refractivity (Wildman–Crippen MR) is 138 cm³/mol.